The molecule has 4 heterocycles. The van der Waals surface area contributed by atoms with Crippen molar-refractivity contribution < 1.29 is 22.2 Å². The first-order chi connectivity index (χ1) is 16.5. The Morgan fingerprint density at radius 2 is 1.85 bits per heavy atom. The van der Waals surface area contributed by atoms with Crippen molar-refractivity contribution in [2.45, 2.75) is 17.2 Å². The van der Waals surface area contributed by atoms with E-state index in [9.17, 15) is 13.2 Å². The third-order valence-corrected chi connectivity index (χ3v) is 8.02. The summed E-state index contributed by atoms with van der Waals surface area (Å²) >= 11 is 1.57. The maximum atomic E-state index is 13.1. The van der Waals surface area contributed by atoms with Crippen LogP contribution in [-0.4, -0.2) is 60.4 Å². The van der Waals surface area contributed by atoms with Crippen molar-refractivity contribution in [3.63, 3.8) is 0 Å². The molecule has 3 aromatic heterocycles. The summed E-state index contributed by atoms with van der Waals surface area (Å²) in [5.74, 6) is 0.574. The van der Waals surface area contributed by atoms with Crippen molar-refractivity contribution in [2.75, 3.05) is 26.2 Å². The summed E-state index contributed by atoms with van der Waals surface area (Å²) < 4.78 is 36.3. The fourth-order valence-electron chi connectivity index (χ4n) is 3.82. The summed E-state index contributed by atoms with van der Waals surface area (Å²) in [5, 5.41) is 7.96. The van der Waals surface area contributed by atoms with Gasteiger partial charge in [-0.15, -0.1) is 0 Å². The van der Waals surface area contributed by atoms with E-state index in [0.717, 1.165) is 5.56 Å². The van der Waals surface area contributed by atoms with Gasteiger partial charge in [0, 0.05) is 42.7 Å². The van der Waals surface area contributed by atoms with Gasteiger partial charge in [0.1, 0.15) is 0 Å². The second-order valence-corrected chi connectivity index (χ2v) is 10.7. The Morgan fingerprint density at radius 1 is 1.06 bits per heavy atom. The van der Waals surface area contributed by atoms with Crippen LogP contribution in [-0.2, 0) is 22.1 Å². The van der Waals surface area contributed by atoms with Gasteiger partial charge in [-0.2, -0.15) is 16.3 Å². The van der Waals surface area contributed by atoms with E-state index in [1.54, 1.807) is 52.6 Å². The largest absolute Gasteiger partial charge is 0.459 e. The quantitative estimate of drug-likeness (QED) is 0.382. The molecule has 0 spiro atoms. The maximum Gasteiger partial charge on any atom is 0.289 e. The van der Waals surface area contributed by atoms with Gasteiger partial charge in [-0.25, -0.2) is 8.42 Å². The Labute approximate surface area is 200 Å². The van der Waals surface area contributed by atoms with Gasteiger partial charge >= 0.3 is 0 Å². The summed E-state index contributed by atoms with van der Waals surface area (Å²) in [5.41, 5.74) is 1.29. The molecule has 1 aliphatic heterocycles. The first-order valence-corrected chi connectivity index (χ1v) is 13.3. The molecule has 0 bridgehead atoms. The number of rotatable bonds is 7. The molecule has 176 valence electrons. The number of benzene rings is 1. The van der Waals surface area contributed by atoms with E-state index in [4.69, 9.17) is 8.94 Å². The molecule has 9 nitrogen and oxygen atoms in total. The highest BCUT2D eigenvalue weighted by molar-refractivity contribution is 7.90. The molecular formula is C23H22N4O5S2. The van der Waals surface area contributed by atoms with E-state index in [-0.39, 0.29) is 22.3 Å². The van der Waals surface area contributed by atoms with Gasteiger partial charge in [-0.1, -0.05) is 23.4 Å². The zero-order valence-electron chi connectivity index (χ0n) is 18.2. The van der Waals surface area contributed by atoms with Crippen LogP contribution < -0.4 is 0 Å². The van der Waals surface area contributed by atoms with Crippen molar-refractivity contribution in [2.24, 2.45) is 0 Å². The van der Waals surface area contributed by atoms with E-state index < -0.39 is 9.84 Å². The highest BCUT2D eigenvalue weighted by atomic mass is 32.2. The molecule has 1 saturated heterocycles. The predicted octanol–water partition coefficient (Wildman–Crippen LogP) is 3.32. The van der Waals surface area contributed by atoms with Crippen molar-refractivity contribution in [1.29, 1.82) is 0 Å². The summed E-state index contributed by atoms with van der Waals surface area (Å²) in [6.45, 7) is 2.72. The van der Waals surface area contributed by atoms with Gasteiger partial charge in [0.2, 0.25) is 11.7 Å². The second-order valence-electron chi connectivity index (χ2n) is 7.94. The first-order valence-electron chi connectivity index (χ1n) is 10.7. The van der Waals surface area contributed by atoms with Gasteiger partial charge in [0.15, 0.2) is 15.6 Å². The highest BCUT2D eigenvalue weighted by Gasteiger charge is 2.28. The normalized spacial score (nSPS) is 15.0. The van der Waals surface area contributed by atoms with Crippen LogP contribution in [0.5, 0.6) is 0 Å². The number of hydrogen-bond donors (Lipinski definition) is 0. The molecule has 0 radical (unpaired) electrons. The number of nitrogens with zero attached hydrogens (tertiary/aromatic N) is 4. The molecule has 0 saturated carbocycles. The molecule has 0 atom stereocenters. The van der Waals surface area contributed by atoms with E-state index >= 15 is 0 Å². The lowest BCUT2D eigenvalue weighted by atomic mass is 10.2. The topological polar surface area (TPSA) is 110 Å². The first kappa shape index (κ1) is 22.5. The molecule has 0 N–H and O–H groups in total. The zero-order chi connectivity index (χ0) is 23.5. The lowest BCUT2D eigenvalue weighted by molar-refractivity contribution is 0.0584. The Hall–Kier alpha value is -3.28. The van der Waals surface area contributed by atoms with Gasteiger partial charge in [0.05, 0.1) is 23.5 Å². The number of thiophene rings is 1. The highest BCUT2D eigenvalue weighted by Crippen LogP contribution is 2.22. The minimum absolute atomic E-state index is 0.0743. The maximum absolute atomic E-state index is 13.1. The minimum atomic E-state index is -3.59. The smallest absolute Gasteiger partial charge is 0.289 e. The molecule has 1 amide bonds. The number of carbonyl (C=O) groups is 1. The molecule has 1 aliphatic rings. The third-order valence-electron chi connectivity index (χ3n) is 5.65. The van der Waals surface area contributed by atoms with E-state index in [0.29, 0.717) is 50.0 Å². The van der Waals surface area contributed by atoms with Gasteiger partial charge in [0.25, 0.3) is 5.91 Å². The summed E-state index contributed by atoms with van der Waals surface area (Å²) in [6.07, 6.45) is 1.36. The van der Waals surface area contributed by atoms with Gasteiger partial charge < -0.3 is 13.8 Å². The number of furan rings is 1. The van der Waals surface area contributed by atoms with Gasteiger partial charge in [-0.3, -0.25) is 9.69 Å². The molecule has 34 heavy (non-hydrogen) atoms. The molecule has 1 fully saturated rings. The van der Waals surface area contributed by atoms with Crippen LogP contribution in [0.3, 0.4) is 0 Å². The predicted molar refractivity (Wildman–Crippen MR) is 125 cm³/mol. The van der Waals surface area contributed by atoms with E-state index in [1.807, 2.05) is 16.8 Å². The van der Waals surface area contributed by atoms with Crippen LogP contribution >= 0.6 is 11.3 Å². The molecule has 11 heteroatoms. The van der Waals surface area contributed by atoms with Crippen LogP contribution in [0.4, 0.5) is 0 Å². The molecule has 1 aromatic carbocycles. The number of sulfone groups is 1. The number of aromatic nitrogens is 2. The molecule has 0 unspecified atom stereocenters. The molecular weight excluding hydrogens is 476 g/mol. The Bertz CT molecular complexity index is 1360. The SMILES string of the molecule is O=C(c1occc1CS(=O)(=O)c1ccccc1)N1CCN(Cc2nc(-c3ccsc3)no2)CC1. The summed E-state index contributed by atoms with van der Waals surface area (Å²) in [6, 6.07) is 11.7. The third kappa shape index (κ3) is 4.81. The molecule has 5 rings (SSSR count). The second kappa shape index (κ2) is 9.53. The average molecular weight is 499 g/mol. The van der Waals surface area contributed by atoms with Crippen LogP contribution in [0.15, 0.2) is 73.3 Å². The number of amides is 1. The van der Waals surface area contributed by atoms with E-state index in [2.05, 4.69) is 15.0 Å². The number of piperazine rings is 1. The zero-order valence-corrected chi connectivity index (χ0v) is 19.8. The van der Waals surface area contributed by atoms with Crippen LogP contribution in [0.2, 0.25) is 0 Å². The van der Waals surface area contributed by atoms with Crippen LogP contribution in [0, 0.1) is 0 Å². The lowest BCUT2D eigenvalue weighted by Crippen LogP contribution is -2.48. The fraction of sp³-hybridized carbons (Fsp3) is 0.261. The lowest BCUT2D eigenvalue weighted by Gasteiger charge is -2.33. The van der Waals surface area contributed by atoms with Crippen molar-refractivity contribution in [1.82, 2.24) is 19.9 Å². The van der Waals surface area contributed by atoms with Gasteiger partial charge in [-0.05, 0) is 29.6 Å². The Morgan fingerprint density at radius 3 is 2.59 bits per heavy atom. The number of hydrogen-bond acceptors (Lipinski definition) is 9. The summed E-state index contributed by atoms with van der Waals surface area (Å²) in [4.78, 5) is 21.6. The minimum Gasteiger partial charge on any atom is -0.459 e. The van der Waals surface area contributed by atoms with E-state index in [1.165, 1.54) is 6.26 Å². The Kier molecular flexibility index (Phi) is 6.31. The van der Waals surface area contributed by atoms with Crippen LogP contribution in [0.1, 0.15) is 22.0 Å². The number of carbonyl (C=O) groups excluding carboxylic acids is 1. The molecule has 0 aliphatic carbocycles. The Balaban J connectivity index is 1.19. The van der Waals surface area contributed by atoms with Crippen LogP contribution in [0.25, 0.3) is 11.4 Å². The molecule has 4 aromatic rings. The summed E-state index contributed by atoms with van der Waals surface area (Å²) in [7, 11) is -3.59. The fourth-order valence-corrected chi connectivity index (χ4v) is 5.83. The van der Waals surface area contributed by atoms with Crippen molar-refractivity contribution >= 4 is 27.1 Å². The monoisotopic (exact) mass is 498 g/mol. The van der Waals surface area contributed by atoms with Crippen molar-refractivity contribution in [3.05, 3.63) is 76.7 Å². The van der Waals surface area contributed by atoms with Crippen molar-refractivity contribution in [3.8, 4) is 11.4 Å². The standard InChI is InChI=1S/C23H22N4O5S2/c28-23(21-18(6-12-31-21)16-34(29,30)19-4-2-1-3-5-19)27-10-8-26(9-11-27)14-20-24-22(25-32-20)17-7-13-33-15-17/h1-7,12-13,15H,8-11,14,16H2. The average Bonchev–Trinajstić information content (AvgIpc) is 3.62.